The SMILES string of the molecule is O=C(c1nnc2ccccc2n1)N1CCC(F)(F)C1. The Kier molecular flexibility index (Phi) is 2.62. The largest absolute Gasteiger partial charge is 0.330 e. The van der Waals surface area contributed by atoms with Crippen molar-refractivity contribution < 1.29 is 13.6 Å². The Labute approximate surface area is 107 Å². The van der Waals surface area contributed by atoms with Gasteiger partial charge in [0.1, 0.15) is 5.52 Å². The number of aromatic nitrogens is 3. The number of para-hydroxylation sites is 1. The molecule has 0 spiro atoms. The Balaban J connectivity index is 1.90. The van der Waals surface area contributed by atoms with Gasteiger partial charge >= 0.3 is 0 Å². The molecule has 1 aromatic heterocycles. The van der Waals surface area contributed by atoms with E-state index in [1.54, 1.807) is 24.3 Å². The summed E-state index contributed by atoms with van der Waals surface area (Å²) < 4.78 is 26.1. The molecule has 2 aromatic rings. The first-order valence-corrected chi connectivity index (χ1v) is 5.82. The molecule has 1 fully saturated rings. The van der Waals surface area contributed by atoms with Gasteiger partial charge in [-0.15, -0.1) is 10.2 Å². The summed E-state index contributed by atoms with van der Waals surface area (Å²) >= 11 is 0. The summed E-state index contributed by atoms with van der Waals surface area (Å²) in [6, 6.07) is 6.95. The maximum atomic E-state index is 13.1. The molecule has 98 valence electrons. The zero-order chi connectivity index (χ0) is 13.5. The fraction of sp³-hybridized carbons (Fsp3) is 0.333. The predicted molar refractivity (Wildman–Crippen MR) is 62.8 cm³/mol. The number of carbonyl (C=O) groups is 1. The number of carbonyl (C=O) groups excluding carboxylic acids is 1. The van der Waals surface area contributed by atoms with Gasteiger partial charge in [0.2, 0.25) is 5.82 Å². The second kappa shape index (κ2) is 4.18. The normalized spacial score (nSPS) is 17.9. The zero-order valence-corrected chi connectivity index (χ0v) is 9.88. The van der Waals surface area contributed by atoms with Crippen LogP contribution < -0.4 is 0 Å². The van der Waals surface area contributed by atoms with Gasteiger partial charge in [-0.05, 0) is 12.1 Å². The van der Waals surface area contributed by atoms with E-state index in [1.807, 2.05) is 0 Å². The fourth-order valence-corrected chi connectivity index (χ4v) is 2.02. The highest BCUT2D eigenvalue weighted by atomic mass is 19.3. The Hall–Kier alpha value is -2.18. The zero-order valence-electron chi connectivity index (χ0n) is 9.88. The Morgan fingerprint density at radius 3 is 2.63 bits per heavy atom. The van der Waals surface area contributed by atoms with E-state index in [-0.39, 0.29) is 18.8 Å². The standard InChI is InChI=1S/C12H10F2N4O/c13-12(14)5-6-18(7-12)11(19)10-15-8-3-1-2-4-9(8)16-17-10/h1-4H,5-7H2. The fourth-order valence-electron chi connectivity index (χ4n) is 2.02. The predicted octanol–water partition coefficient (Wildman–Crippen LogP) is 1.51. The summed E-state index contributed by atoms with van der Waals surface area (Å²) in [5.41, 5.74) is 1.08. The van der Waals surface area contributed by atoms with Crippen LogP contribution in [0.15, 0.2) is 24.3 Å². The monoisotopic (exact) mass is 264 g/mol. The summed E-state index contributed by atoms with van der Waals surface area (Å²) in [5, 5.41) is 7.56. The number of hydrogen-bond acceptors (Lipinski definition) is 4. The van der Waals surface area contributed by atoms with Crippen molar-refractivity contribution in [1.82, 2.24) is 20.1 Å². The van der Waals surface area contributed by atoms with Crippen molar-refractivity contribution in [3.63, 3.8) is 0 Å². The number of hydrogen-bond donors (Lipinski definition) is 0. The maximum Gasteiger partial charge on any atom is 0.293 e. The van der Waals surface area contributed by atoms with Crippen molar-refractivity contribution in [2.75, 3.05) is 13.1 Å². The molecule has 0 aliphatic carbocycles. The van der Waals surface area contributed by atoms with Gasteiger partial charge in [-0.25, -0.2) is 13.8 Å². The summed E-state index contributed by atoms with van der Waals surface area (Å²) in [6.45, 7) is -0.565. The van der Waals surface area contributed by atoms with E-state index in [4.69, 9.17) is 0 Å². The molecule has 0 saturated carbocycles. The lowest BCUT2D eigenvalue weighted by Gasteiger charge is -2.14. The van der Waals surface area contributed by atoms with Gasteiger partial charge in [0.05, 0.1) is 12.1 Å². The third kappa shape index (κ3) is 2.23. The maximum absolute atomic E-state index is 13.1. The summed E-state index contributed by atoms with van der Waals surface area (Å²) in [5.74, 6) is -3.56. The third-order valence-electron chi connectivity index (χ3n) is 3.01. The van der Waals surface area contributed by atoms with E-state index in [0.29, 0.717) is 11.0 Å². The van der Waals surface area contributed by atoms with Crippen LogP contribution in [0.1, 0.15) is 17.0 Å². The molecule has 1 aliphatic heterocycles. The molecule has 2 heterocycles. The second-order valence-electron chi connectivity index (χ2n) is 4.46. The van der Waals surface area contributed by atoms with E-state index >= 15 is 0 Å². The van der Waals surface area contributed by atoms with Gasteiger partial charge in [-0.2, -0.15) is 0 Å². The van der Waals surface area contributed by atoms with Crippen molar-refractivity contribution in [3.8, 4) is 0 Å². The molecule has 1 amide bonds. The molecule has 0 atom stereocenters. The molecule has 0 bridgehead atoms. The number of halogens is 2. The number of likely N-dealkylation sites (tertiary alicyclic amines) is 1. The van der Waals surface area contributed by atoms with Gasteiger partial charge in [-0.3, -0.25) is 4.79 Å². The van der Waals surface area contributed by atoms with Crippen LogP contribution in [0.2, 0.25) is 0 Å². The van der Waals surface area contributed by atoms with Crippen LogP contribution in [0.4, 0.5) is 8.78 Å². The van der Waals surface area contributed by atoms with Crippen LogP contribution in [-0.4, -0.2) is 45.0 Å². The lowest BCUT2D eigenvalue weighted by atomic mass is 10.3. The lowest BCUT2D eigenvalue weighted by molar-refractivity contribution is 0.0118. The molecule has 19 heavy (non-hydrogen) atoms. The molecular formula is C12H10F2N4O. The third-order valence-corrected chi connectivity index (χ3v) is 3.01. The number of fused-ring (bicyclic) bond motifs is 1. The minimum Gasteiger partial charge on any atom is -0.330 e. The molecule has 3 rings (SSSR count). The van der Waals surface area contributed by atoms with Crippen LogP contribution in [0, 0.1) is 0 Å². The summed E-state index contributed by atoms with van der Waals surface area (Å²) in [7, 11) is 0. The van der Waals surface area contributed by atoms with Crippen LogP contribution in [0.25, 0.3) is 11.0 Å². The van der Waals surface area contributed by atoms with Crippen LogP contribution in [-0.2, 0) is 0 Å². The van der Waals surface area contributed by atoms with E-state index < -0.39 is 18.4 Å². The van der Waals surface area contributed by atoms with E-state index in [9.17, 15) is 13.6 Å². The smallest absolute Gasteiger partial charge is 0.293 e. The number of alkyl halides is 2. The molecular weight excluding hydrogens is 254 g/mol. The van der Waals surface area contributed by atoms with Gasteiger partial charge in [0, 0.05) is 13.0 Å². The number of benzene rings is 1. The molecule has 0 N–H and O–H groups in total. The summed E-state index contributed by atoms with van der Waals surface area (Å²) in [6.07, 6.45) is -0.320. The average molecular weight is 264 g/mol. The van der Waals surface area contributed by atoms with Gasteiger partial charge in [-0.1, -0.05) is 12.1 Å². The quantitative estimate of drug-likeness (QED) is 0.783. The number of amides is 1. The Morgan fingerprint density at radius 1 is 1.21 bits per heavy atom. The van der Waals surface area contributed by atoms with Crippen LogP contribution >= 0.6 is 0 Å². The molecule has 1 saturated heterocycles. The molecule has 5 nitrogen and oxygen atoms in total. The Bertz CT molecular complexity index is 646. The minimum atomic E-state index is -2.82. The van der Waals surface area contributed by atoms with Crippen molar-refractivity contribution in [1.29, 1.82) is 0 Å². The van der Waals surface area contributed by atoms with E-state index in [0.717, 1.165) is 4.90 Å². The highest BCUT2D eigenvalue weighted by Gasteiger charge is 2.41. The number of rotatable bonds is 1. The lowest BCUT2D eigenvalue weighted by Crippen LogP contribution is -2.32. The topological polar surface area (TPSA) is 59.0 Å². The summed E-state index contributed by atoms with van der Waals surface area (Å²) in [4.78, 5) is 17.1. The van der Waals surface area contributed by atoms with Crippen molar-refractivity contribution in [2.45, 2.75) is 12.3 Å². The van der Waals surface area contributed by atoms with Gasteiger partial charge < -0.3 is 4.90 Å². The molecule has 1 aromatic carbocycles. The van der Waals surface area contributed by atoms with E-state index in [2.05, 4.69) is 15.2 Å². The van der Waals surface area contributed by atoms with Crippen molar-refractivity contribution in [2.24, 2.45) is 0 Å². The van der Waals surface area contributed by atoms with E-state index in [1.165, 1.54) is 0 Å². The van der Waals surface area contributed by atoms with Crippen molar-refractivity contribution >= 4 is 16.9 Å². The van der Waals surface area contributed by atoms with Gasteiger partial charge in [0.25, 0.3) is 11.8 Å². The van der Waals surface area contributed by atoms with Crippen LogP contribution in [0.3, 0.4) is 0 Å². The van der Waals surface area contributed by atoms with Crippen LogP contribution in [0.5, 0.6) is 0 Å². The first kappa shape index (κ1) is 11.9. The second-order valence-corrected chi connectivity index (χ2v) is 4.46. The molecule has 0 radical (unpaired) electrons. The first-order chi connectivity index (χ1) is 9.05. The average Bonchev–Trinajstić information content (AvgIpc) is 2.78. The Morgan fingerprint density at radius 2 is 1.95 bits per heavy atom. The van der Waals surface area contributed by atoms with Crippen molar-refractivity contribution in [3.05, 3.63) is 30.1 Å². The molecule has 7 heteroatoms. The minimum absolute atomic E-state index is 0.0159. The number of nitrogens with zero attached hydrogens (tertiary/aromatic N) is 4. The molecule has 1 aliphatic rings. The van der Waals surface area contributed by atoms with Gasteiger partial charge in [0.15, 0.2) is 0 Å². The molecule has 0 unspecified atom stereocenters. The highest BCUT2D eigenvalue weighted by molar-refractivity contribution is 5.92. The highest BCUT2D eigenvalue weighted by Crippen LogP contribution is 2.27. The first-order valence-electron chi connectivity index (χ1n) is 5.82.